The largest absolute Gasteiger partial charge is 0.449 e. The zero-order chi connectivity index (χ0) is 19.6. The second-order valence-corrected chi connectivity index (χ2v) is 6.13. The average molecular weight is 377 g/mol. The molecule has 2 amide bonds. The number of anilines is 1. The number of hydrogen-bond donors (Lipinski definition) is 2. The van der Waals surface area contributed by atoms with E-state index < -0.39 is 18.0 Å². The number of hydrogen-bond acceptors (Lipinski definition) is 3. The van der Waals surface area contributed by atoms with Crippen LogP contribution in [0.25, 0.3) is 11.2 Å². The maximum atomic E-state index is 13.2. The number of aryl methyl sites for hydroxylation is 2. The van der Waals surface area contributed by atoms with Gasteiger partial charge in [0.15, 0.2) is 5.65 Å². The number of pyridine rings is 1. The maximum absolute atomic E-state index is 13.2. The lowest BCUT2D eigenvalue weighted by Crippen LogP contribution is -2.32. The molecule has 0 saturated heterocycles. The van der Waals surface area contributed by atoms with Crippen LogP contribution in [0.1, 0.15) is 17.0 Å². The molecule has 0 fully saturated rings. The Morgan fingerprint density at radius 3 is 2.74 bits per heavy atom. The first kappa shape index (κ1) is 18.7. The molecular weight excluding hydrogens is 359 g/mol. The van der Waals surface area contributed by atoms with Crippen LogP contribution in [0.15, 0.2) is 36.5 Å². The molecule has 0 atom stereocenters. The Morgan fingerprint density at radius 2 is 2.00 bits per heavy atom. The number of amides is 2. The lowest BCUT2D eigenvalue weighted by atomic mass is 10.1. The van der Waals surface area contributed by atoms with E-state index in [0.29, 0.717) is 5.69 Å². The van der Waals surface area contributed by atoms with Crippen molar-refractivity contribution in [2.75, 3.05) is 11.9 Å². The van der Waals surface area contributed by atoms with Gasteiger partial charge in [-0.15, -0.1) is 0 Å². The minimum Gasteiger partial charge on any atom is -0.336 e. The Morgan fingerprint density at radius 1 is 1.22 bits per heavy atom. The number of halogens is 3. The van der Waals surface area contributed by atoms with Crippen LogP contribution < -0.4 is 10.6 Å². The molecule has 3 rings (SSSR count). The molecule has 3 aromatic rings. The normalized spacial score (nSPS) is 11.6. The van der Waals surface area contributed by atoms with Crippen molar-refractivity contribution >= 4 is 22.9 Å². The summed E-state index contributed by atoms with van der Waals surface area (Å²) in [5.74, 6) is -1.03. The molecule has 0 aliphatic rings. The van der Waals surface area contributed by atoms with E-state index >= 15 is 0 Å². The molecule has 0 spiro atoms. The van der Waals surface area contributed by atoms with E-state index in [-0.39, 0.29) is 24.3 Å². The fourth-order valence-corrected chi connectivity index (χ4v) is 2.70. The molecular formula is C18H18F3N5O. The van der Waals surface area contributed by atoms with Crippen molar-refractivity contribution < 1.29 is 18.0 Å². The summed E-state index contributed by atoms with van der Waals surface area (Å²) in [7, 11) is 0. The second-order valence-electron chi connectivity index (χ2n) is 6.13. The minimum atomic E-state index is -4.61. The van der Waals surface area contributed by atoms with Gasteiger partial charge < -0.3 is 15.2 Å². The number of nitrogens with one attached hydrogen (secondary N) is 2. The Bertz CT molecular complexity index is 981. The standard InChI is InChI=1S/C18H18F3N5O/c1-11-5-6-12(2)14(10-11)25-17(27)23-8-9-26-15-13(4-3-7-22-15)24-16(26)18(19,20)21/h3-7,10H,8-9H2,1-2H3,(H2,23,25,27). The molecule has 0 aliphatic heterocycles. The fraction of sp³-hybridized carbons (Fsp3) is 0.278. The molecule has 2 aromatic heterocycles. The van der Waals surface area contributed by atoms with Crippen molar-refractivity contribution in [1.29, 1.82) is 0 Å². The number of fused-ring (bicyclic) bond motifs is 1. The molecule has 6 nitrogen and oxygen atoms in total. The highest BCUT2D eigenvalue weighted by atomic mass is 19.4. The van der Waals surface area contributed by atoms with Crippen molar-refractivity contribution in [3.63, 3.8) is 0 Å². The van der Waals surface area contributed by atoms with Crippen molar-refractivity contribution in [3.05, 3.63) is 53.5 Å². The molecule has 0 unspecified atom stereocenters. The van der Waals surface area contributed by atoms with E-state index in [1.54, 1.807) is 0 Å². The number of nitrogens with zero attached hydrogens (tertiary/aromatic N) is 3. The number of urea groups is 1. The molecule has 2 heterocycles. The summed E-state index contributed by atoms with van der Waals surface area (Å²) >= 11 is 0. The quantitative estimate of drug-likeness (QED) is 0.725. The fourth-order valence-electron chi connectivity index (χ4n) is 2.70. The van der Waals surface area contributed by atoms with Gasteiger partial charge in [0.2, 0.25) is 5.82 Å². The van der Waals surface area contributed by atoms with E-state index in [9.17, 15) is 18.0 Å². The SMILES string of the molecule is Cc1ccc(C)c(NC(=O)NCCn2c(C(F)(F)F)nc3cccnc32)c1. The predicted molar refractivity (Wildman–Crippen MR) is 95.5 cm³/mol. The van der Waals surface area contributed by atoms with Gasteiger partial charge in [-0.25, -0.2) is 14.8 Å². The van der Waals surface area contributed by atoms with E-state index in [2.05, 4.69) is 20.6 Å². The van der Waals surface area contributed by atoms with Gasteiger partial charge >= 0.3 is 12.2 Å². The molecule has 27 heavy (non-hydrogen) atoms. The van der Waals surface area contributed by atoms with E-state index in [1.807, 2.05) is 32.0 Å². The lowest BCUT2D eigenvalue weighted by molar-refractivity contribution is -0.146. The van der Waals surface area contributed by atoms with Crippen LogP contribution in [0, 0.1) is 13.8 Å². The monoisotopic (exact) mass is 377 g/mol. The number of aromatic nitrogens is 3. The summed E-state index contributed by atoms with van der Waals surface area (Å²) in [6.45, 7) is 3.64. The second kappa shape index (κ2) is 7.26. The molecule has 142 valence electrons. The topological polar surface area (TPSA) is 71.8 Å². The number of benzene rings is 1. The average Bonchev–Trinajstić information content (AvgIpc) is 2.97. The van der Waals surface area contributed by atoms with Crippen molar-refractivity contribution in [1.82, 2.24) is 19.9 Å². The van der Waals surface area contributed by atoms with Crippen molar-refractivity contribution in [3.8, 4) is 0 Å². The summed E-state index contributed by atoms with van der Waals surface area (Å²) in [6, 6.07) is 8.13. The summed E-state index contributed by atoms with van der Waals surface area (Å²) in [4.78, 5) is 19.7. The van der Waals surface area contributed by atoms with E-state index in [0.717, 1.165) is 15.7 Å². The Hall–Kier alpha value is -3.10. The molecule has 0 saturated carbocycles. The van der Waals surface area contributed by atoms with Crippen molar-refractivity contribution in [2.45, 2.75) is 26.6 Å². The number of carbonyl (C=O) groups excluding carboxylic acids is 1. The molecule has 1 aromatic carbocycles. The Kier molecular flexibility index (Phi) is 5.02. The highest BCUT2D eigenvalue weighted by molar-refractivity contribution is 5.90. The number of carbonyl (C=O) groups is 1. The van der Waals surface area contributed by atoms with Gasteiger partial charge in [-0.3, -0.25) is 0 Å². The summed E-state index contributed by atoms with van der Waals surface area (Å²) in [5.41, 5.74) is 2.81. The molecule has 2 N–H and O–H groups in total. The predicted octanol–water partition coefficient (Wildman–Crippen LogP) is 3.89. The van der Waals surface area contributed by atoms with Crippen LogP contribution in [0.2, 0.25) is 0 Å². The van der Waals surface area contributed by atoms with Gasteiger partial charge in [-0.2, -0.15) is 13.2 Å². The maximum Gasteiger partial charge on any atom is 0.449 e. The smallest absolute Gasteiger partial charge is 0.336 e. The van der Waals surface area contributed by atoms with Crippen molar-refractivity contribution in [2.24, 2.45) is 0 Å². The van der Waals surface area contributed by atoms with Crippen LogP contribution in [-0.4, -0.2) is 27.1 Å². The van der Waals surface area contributed by atoms with E-state index in [4.69, 9.17) is 0 Å². The van der Waals surface area contributed by atoms with Crippen LogP contribution in [0.5, 0.6) is 0 Å². The first-order chi connectivity index (χ1) is 12.8. The molecule has 0 aliphatic carbocycles. The van der Waals surface area contributed by atoms with Gasteiger partial charge in [-0.1, -0.05) is 12.1 Å². The highest BCUT2D eigenvalue weighted by Gasteiger charge is 2.37. The van der Waals surface area contributed by atoms with Gasteiger partial charge in [0.1, 0.15) is 5.52 Å². The molecule has 0 radical (unpaired) electrons. The molecule has 0 bridgehead atoms. The lowest BCUT2D eigenvalue weighted by Gasteiger charge is -2.13. The molecule has 9 heteroatoms. The van der Waals surface area contributed by atoms with Crippen LogP contribution in [0.3, 0.4) is 0 Å². The zero-order valence-corrected chi connectivity index (χ0v) is 14.8. The van der Waals surface area contributed by atoms with Crippen LogP contribution in [0.4, 0.5) is 23.7 Å². The number of rotatable bonds is 4. The Labute approximate surface area is 153 Å². The van der Waals surface area contributed by atoms with E-state index in [1.165, 1.54) is 18.3 Å². The van der Waals surface area contributed by atoms with Crippen LogP contribution in [-0.2, 0) is 12.7 Å². The van der Waals surface area contributed by atoms with Crippen LogP contribution >= 0.6 is 0 Å². The van der Waals surface area contributed by atoms with Gasteiger partial charge in [0.25, 0.3) is 0 Å². The third-order valence-electron chi connectivity index (χ3n) is 4.02. The summed E-state index contributed by atoms with van der Waals surface area (Å²) in [5, 5.41) is 5.27. The third kappa shape index (κ3) is 4.18. The number of imidazole rings is 1. The summed E-state index contributed by atoms with van der Waals surface area (Å²) < 4.78 is 40.7. The first-order valence-corrected chi connectivity index (χ1v) is 8.26. The third-order valence-corrected chi connectivity index (χ3v) is 4.02. The number of alkyl halides is 3. The first-order valence-electron chi connectivity index (χ1n) is 8.26. The van der Waals surface area contributed by atoms with Gasteiger partial charge in [0, 0.05) is 25.0 Å². The Balaban J connectivity index is 1.70. The summed E-state index contributed by atoms with van der Waals surface area (Å²) in [6.07, 6.45) is -3.21. The highest BCUT2D eigenvalue weighted by Crippen LogP contribution is 2.30. The van der Waals surface area contributed by atoms with Gasteiger partial charge in [0.05, 0.1) is 0 Å². The minimum absolute atomic E-state index is 0.0121. The zero-order valence-electron chi connectivity index (χ0n) is 14.8. The van der Waals surface area contributed by atoms with Gasteiger partial charge in [-0.05, 0) is 43.2 Å².